The summed E-state index contributed by atoms with van der Waals surface area (Å²) < 4.78 is 5.64. The Morgan fingerprint density at radius 3 is 3.06 bits per heavy atom. The predicted octanol–water partition coefficient (Wildman–Crippen LogP) is 1.42. The number of hydrogen-bond donors (Lipinski definition) is 2. The number of likely N-dealkylation sites (N-methyl/N-ethyl adjacent to an activating group) is 1. The number of fused-ring (bicyclic) bond motifs is 1. The quantitative estimate of drug-likeness (QED) is 0.597. The maximum absolute atomic E-state index is 7.22. The number of hydrogen-bond acceptors (Lipinski definition) is 3. The summed E-state index contributed by atoms with van der Waals surface area (Å²) in [6.07, 6.45) is 0.631. The van der Waals surface area contributed by atoms with E-state index in [1.54, 1.807) is 0 Å². The SMILES string of the molecule is CN(CCC(=N)N)CC1COc2ccccc21. The highest BCUT2D eigenvalue weighted by atomic mass is 16.5. The van der Waals surface area contributed by atoms with Crippen LogP contribution in [0.15, 0.2) is 24.3 Å². The van der Waals surface area contributed by atoms with Crippen LogP contribution in [-0.2, 0) is 0 Å². The Morgan fingerprint density at radius 2 is 2.29 bits per heavy atom. The lowest BCUT2D eigenvalue weighted by Gasteiger charge is -2.19. The van der Waals surface area contributed by atoms with Gasteiger partial charge in [0.1, 0.15) is 5.75 Å². The molecule has 2 rings (SSSR count). The van der Waals surface area contributed by atoms with Gasteiger partial charge in [-0.2, -0.15) is 0 Å². The maximum Gasteiger partial charge on any atom is 0.122 e. The van der Waals surface area contributed by atoms with Gasteiger partial charge in [0.2, 0.25) is 0 Å². The normalized spacial score (nSPS) is 17.9. The number of nitrogens with zero attached hydrogens (tertiary/aromatic N) is 1. The molecule has 92 valence electrons. The molecule has 3 N–H and O–H groups in total. The molecule has 4 nitrogen and oxygen atoms in total. The molecule has 0 spiro atoms. The molecule has 1 heterocycles. The van der Waals surface area contributed by atoms with Gasteiger partial charge in [-0.25, -0.2) is 0 Å². The highest BCUT2D eigenvalue weighted by molar-refractivity contribution is 5.76. The van der Waals surface area contributed by atoms with Gasteiger partial charge in [0.25, 0.3) is 0 Å². The Labute approximate surface area is 102 Å². The molecule has 1 aromatic carbocycles. The molecule has 0 amide bonds. The van der Waals surface area contributed by atoms with Gasteiger partial charge in [-0.1, -0.05) is 18.2 Å². The van der Waals surface area contributed by atoms with Crippen LogP contribution in [0.5, 0.6) is 5.75 Å². The molecule has 1 atom stereocenters. The van der Waals surface area contributed by atoms with Crippen molar-refractivity contribution in [1.82, 2.24) is 4.90 Å². The first-order chi connectivity index (χ1) is 8.16. The third kappa shape index (κ3) is 2.97. The van der Waals surface area contributed by atoms with Crippen molar-refractivity contribution in [3.63, 3.8) is 0 Å². The standard InChI is InChI=1S/C13H19N3O/c1-16(7-6-13(14)15)8-10-9-17-12-5-3-2-4-11(10)12/h2-5,10H,6-9H2,1H3,(H3,14,15). The minimum absolute atomic E-state index is 0.250. The van der Waals surface area contributed by atoms with Gasteiger partial charge in [0.15, 0.2) is 0 Å². The van der Waals surface area contributed by atoms with Crippen LogP contribution >= 0.6 is 0 Å². The Bertz CT molecular complexity index is 405. The molecule has 0 aromatic heterocycles. The third-order valence-electron chi connectivity index (χ3n) is 3.09. The largest absolute Gasteiger partial charge is 0.493 e. The van der Waals surface area contributed by atoms with E-state index in [2.05, 4.69) is 24.1 Å². The summed E-state index contributed by atoms with van der Waals surface area (Å²) in [5, 5.41) is 7.22. The summed E-state index contributed by atoms with van der Waals surface area (Å²) in [4.78, 5) is 2.21. The first-order valence-corrected chi connectivity index (χ1v) is 5.90. The summed E-state index contributed by atoms with van der Waals surface area (Å²) >= 11 is 0. The number of nitrogens with one attached hydrogen (secondary N) is 1. The summed E-state index contributed by atoms with van der Waals surface area (Å²) in [6, 6.07) is 8.20. The topological polar surface area (TPSA) is 62.3 Å². The van der Waals surface area contributed by atoms with Crippen molar-refractivity contribution in [3.05, 3.63) is 29.8 Å². The highest BCUT2D eigenvalue weighted by Crippen LogP contribution is 2.33. The van der Waals surface area contributed by atoms with Crippen LogP contribution in [0.3, 0.4) is 0 Å². The number of ether oxygens (including phenoxy) is 1. The lowest BCUT2D eigenvalue weighted by molar-refractivity contribution is 0.270. The molecule has 1 aliphatic heterocycles. The van der Waals surface area contributed by atoms with Crippen LogP contribution in [0.2, 0.25) is 0 Å². The number of nitrogens with two attached hydrogens (primary N) is 1. The summed E-state index contributed by atoms with van der Waals surface area (Å²) in [5.74, 6) is 1.69. The third-order valence-corrected chi connectivity index (χ3v) is 3.09. The van der Waals surface area contributed by atoms with Gasteiger partial charge in [-0.05, 0) is 13.1 Å². The first-order valence-electron chi connectivity index (χ1n) is 5.90. The van der Waals surface area contributed by atoms with E-state index in [0.29, 0.717) is 12.3 Å². The van der Waals surface area contributed by atoms with E-state index in [1.165, 1.54) is 5.56 Å². The number of amidine groups is 1. The highest BCUT2D eigenvalue weighted by Gasteiger charge is 2.24. The van der Waals surface area contributed by atoms with E-state index < -0.39 is 0 Å². The molecule has 0 saturated carbocycles. The average Bonchev–Trinajstić information content (AvgIpc) is 2.70. The zero-order valence-corrected chi connectivity index (χ0v) is 10.1. The zero-order chi connectivity index (χ0) is 12.3. The smallest absolute Gasteiger partial charge is 0.122 e. The molecule has 0 bridgehead atoms. The fraction of sp³-hybridized carbons (Fsp3) is 0.462. The van der Waals surface area contributed by atoms with Gasteiger partial charge >= 0.3 is 0 Å². The molecule has 17 heavy (non-hydrogen) atoms. The Morgan fingerprint density at radius 1 is 1.53 bits per heavy atom. The van der Waals surface area contributed by atoms with Gasteiger partial charge in [-0.15, -0.1) is 0 Å². The van der Waals surface area contributed by atoms with Crippen LogP contribution < -0.4 is 10.5 Å². The van der Waals surface area contributed by atoms with Crippen molar-refractivity contribution >= 4 is 5.84 Å². The Balaban J connectivity index is 1.90. The minimum atomic E-state index is 0.250. The second kappa shape index (κ2) is 5.19. The molecule has 0 saturated heterocycles. The van der Waals surface area contributed by atoms with E-state index >= 15 is 0 Å². The van der Waals surface area contributed by atoms with E-state index in [-0.39, 0.29) is 5.84 Å². The van der Waals surface area contributed by atoms with E-state index in [0.717, 1.165) is 25.4 Å². The van der Waals surface area contributed by atoms with Crippen molar-refractivity contribution in [2.24, 2.45) is 5.73 Å². The van der Waals surface area contributed by atoms with Crippen molar-refractivity contribution in [2.45, 2.75) is 12.3 Å². The van der Waals surface area contributed by atoms with Crippen LogP contribution in [0.1, 0.15) is 17.9 Å². The molecule has 0 aliphatic carbocycles. The number of para-hydroxylation sites is 1. The fourth-order valence-corrected chi connectivity index (χ4v) is 2.16. The summed E-state index contributed by atoms with van der Waals surface area (Å²) in [7, 11) is 2.06. The molecule has 1 aromatic rings. The zero-order valence-electron chi connectivity index (χ0n) is 10.1. The van der Waals surface area contributed by atoms with E-state index in [4.69, 9.17) is 15.9 Å². The minimum Gasteiger partial charge on any atom is -0.493 e. The van der Waals surface area contributed by atoms with Gasteiger partial charge in [-0.3, -0.25) is 5.41 Å². The van der Waals surface area contributed by atoms with Gasteiger partial charge < -0.3 is 15.4 Å². The predicted molar refractivity (Wildman–Crippen MR) is 68.7 cm³/mol. The molecule has 0 fully saturated rings. The molecule has 4 heteroatoms. The molecule has 0 radical (unpaired) electrons. The summed E-state index contributed by atoms with van der Waals surface area (Å²) in [5.41, 5.74) is 6.65. The van der Waals surface area contributed by atoms with Crippen molar-refractivity contribution < 1.29 is 4.74 Å². The molecule has 1 aliphatic rings. The fourth-order valence-electron chi connectivity index (χ4n) is 2.16. The monoisotopic (exact) mass is 233 g/mol. The second-order valence-electron chi connectivity index (χ2n) is 4.58. The van der Waals surface area contributed by atoms with E-state index in [1.807, 2.05) is 12.1 Å². The summed E-state index contributed by atoms with van der Waals surface area (Å²) in [6.45, 7) is 2.53. The lowest BCUT2D eigenvalue weighted by Crippen LogP contribution is -2.29. The second-order valence-corrected chi connectivity index (χ2v) is 4.58. The molecular formula is C13H19N3O. The van der Waals surface area contributed by atoms with Crippen molar-refractivity contribution in [1.29, 1.82) is 5.41 Å². The number of rotatable bonds is 5. The van der Waals surface area contributed by atoms with Gasteiger partial charge in [0.05, 0.1) is 12.4 Å². The van der Waals surface area contributed by atoms with Crippen molar-refractivity contribution in [3.8, 4) is 5.75 Å². The van der Waals surface area contributed by atoms with Crippen LogP contribution in [0.25, 0.3) is 0 Å². The van der Waals surface area contributed by atoms with Crippen LogP contribution in [0, 0.1) is 5.41 Å². The lowest BCUT2D eigenvalue weighted by atomic mass is 10.0. The average molecular weight is 233 g/mol. The maximum atomic E-state index is 7.22. The van der Waals surface area contributed by atoms with E-state index in [9.17, 15) is 0 Å². The van der Waals surface area contributed by atoms with Gasteiger partial charge in [0, 0.05) is 31.0 Å². The van der Waals surface area contributed by atoms with Crippen molar-refractivity contribution in [2.75, 3.05) is 26.7 Å². The van der Waals surface area contributed by atoms with Crippen LogP contribution in [-0.4, -0.2) is 37.5 Å². The Hall–Kier alpha value is -1.55. The van der Waals surface area contributed by atoms with Crippen LogP contribution in [0.4, 0.5) is 0 Å². The number of benzene rings is 1. The molecular weight excluding hydrogens is 214 g/mol. The Kier molecular flexibility index (Phi) is 3.64. The molecule has 1 unspecified atom stereocenters. The first kappa shape index (κ1) is 11.9.